The minimum absolute atomic E-state index is 0.184. The fourth-order valence-electron chi connectivity index (χ4n) is 2.10. The molecule has 0 aliphatic heterocycles. The summed E-state index contributed by atoms with van der Waals surface area (Å²) in [5.41, 5.74) is 0.954. The van der Waals surface area contributed by atoms with Crippen molar-refractivity contribution >= 4 is 39.5 Å². The zero-order chi connectivity index (χ0) is 18.8. The van der Waals surface area contributed by atoms with Gasteiger partial charge in [0.05, 0.1) is 21.8 Å². The Morgan fingerprint density at radius 2 is 2.04 bits per heavy atom. The van der Waals surface area contributed by atoms with Gasteiger partial charge in [-0.3, -0.25) is 14.9 Å². The van der Waals surface area contributed by atoms with E-state index in [1.54, 1.807) is 11.3 Å². The standard InChI is InChI=1S/C17H21N3O5S/c1-24-10-9-18-17(23)20-14(21)11-25-16(22)8-4-7-15-19-12-5-2-3-6-13(12)26-15/h2-3,5-6H,4,7-11H2,1H3,(H2,18,20,21,23). The van der Waals surface area contributed by atoms with Gasteiger partial charge in [0.25, 0.3) is 5.91 Å². The third kappa shape index (κ3) is 6.77. The molecule has 2 aromatic rings. The van der Waals surface area contributed by atoms with Crippen LogP contribution in [0.3, 0.4) is 0 Å². The number of methoxy groups -OCH3 is 1. The average molecular weight is 379 g/mol. The quantitative estimate of drug-likeness (QED) is 0.507. The van der Waals surface area contributed by atoms with Crippen LogP contribution >= 0.6 is 11.3 Å². The monoisotopic (exact) mass is 379 g/mol. The molecule has 1 aromatic carbocycles. The van der Waals surface area contributed by atoms with Crippen LogP contribution < -0.4 is 10.6 Å². The molecule has 1 heterocycles. The number of aryl methyl sites for hydroxylation is 1. The fourth-order valence-corrected chi connectivity index (χ4v) is 3.11. The van der Waals surface area contributed by atoms with E-state index in [9.17, 15) is 14.4 Å². The van der Waals surface area contributed by atoms with Crippen molar-refractivity contribution in [1.29, 1.82) is 0 Å². The molecule has 0 bridgehead atoms. The molecule has 26 heavy (non-hydrogen) atoms. The van der Waals surface area contributed by atoms with E-state index in [-0.39, 0.29) is 13.0 Å². The maximum Gasteiger partial charge on any atom is 0.321 e. The third-order valence-electron chi connectivity index (χ3n) is 3.32. The summed E-state index contributed by atoms with van der Waals surface area (Å²) in [6.07, 6.45) is 1.43. The summed E-state index contributed by atoms with van der Waals surface area (Å²) in [6, 6.07) is 7.21. The number of imide groups is 1. The second-order valence-corrected chi connectivity index (χ2v) is 6.50. The van der Waals surface area contributed by atoms with E-state index in [0.717, 1.165) is 15.2 Å². The molecule has 140 valence electrons. The molecule has 0 atom stereocenters. The number of nitrogens with zero attached hydrogens (tertiary/aromatic N) is 1. The zero-order valence-electron chi connectivity index (χ0n) is 14.4. The van der Waals surface area contributed by atoms with Crippen molar-refractivity contribution in [2.75, 3.05) is 26.9 Å². The van der Waals surface area contributed by atoms with Crippen LogP contribution in [0.4, 0.5) is 4.79 Å². The van der Waals surface area contributed by atoms with Gasteiger partial charge in [-0.2, -0.15) is 0 Å². The number of fused-ring (bicyclic) bond motifs is 1. The number of hydrogen-bond acceptors (Lipinski definition) is 7. The summed E-state index contributed by atoms with van der Waals surface area (Å²) >= 11 is 1.60. The normalized spacial score (nSPS) is 10.5. The Kier molecular flexibility index (Phi) is 7.97. The van der Waals surface area contributed by atoms with Crippen LogP contribution in [0.15, 0.2) is 24.3 Å². The van der Waals surface area contributed by atoms with Crippen molar-refractivity contribution < 1.29 is 23.9 Å². The lowest BCUT2D eigenvalue weighted by Crippen LogP contribution is -2.42. The molecule has 8 nitrogen and oxygen atoms in total. The largest absolute Gasteiger partial charge is 0.456 e. The van der Waals surface area contributed by atoms with Gasteiger partial charge in [0.15, 0.2) is 6.61 Å². The lowest BCUT2D eigenvalue weighted by atomic mass is 10.2. The third-order valence-corrected chi connectivity index (χ3v) is 4.41. The maximum atomic E-state index is 11.7. The average Bonchev–Trinajstić information content (AvgIpc) is 3.03. The van der Waals surface area contributed by atoms with Gasteiger partial charge in [0.1, 0.15) is 0 Å². The summed E-state index contributed by atoms with van der Waals surface area (Å²) in [4.78, 5) is 39.0. The van der Waals surface area contributed by atoms with Crippen molar-refractivity contribution in [2.24, 2.45) is 0 Å². The van der Waals surface area contributed by atoms with E-state index >= 15 is 0 Å². The highest BCUT2D eigenvalue weighted by Crippen LogP contribution is 2.22. The first-order valence-corrected chi connectivity index (χ1v) is 8.97. The molecule has 0 radical (unpaired) electrons. The molecule has 2 rings (SSSR count). The van der Waals surface area contributed by atoms with Crippen molar-refractivity contribution in [3.8, 4) is 0 Å². The molecular formula is C17H21N3O5S. The van der Waals surface area contributed by atoms with E-state index in [0.29, 0.717) is 19.4 Å². The second-order valence-electron chi connectivity index (χ2n) is 5.39. The van der Waals surface area contributed by atoms with Crippen molar-refractivity contribution in [3.63, 3.8) is 0 Å². The summed E-state index contributed by atoms with van der Waals surface area (Å²) in [7, 11) is 1.50. The van der Waals surface area contributed by atoms with Crippen molar-refractivity contribution in [3.05, 3.63) is 29.3 Å². The van der Waals surface area contributed by atoms with E-state index in [1.807, 2.05) is 24.3 Å². The molecule has 0 unspecified atom stereocenters. The highest BCUT2D eigenvalue weighted by molar-refractivity contribution is 7.18. The van der Waals surface area contributed by atoms with Gasteiger partial charge in [0, 0.05) is 20.1 Å². The predicted octanol–water partition coefficient (Wildman–Crippen LogP) is 1.63. The lowest BCUT2D eigenvalue weighted by Gasteiger charge is -2.07. The number of benzene rings is 1. The molecule has 0 aliphatic carbocycles. The summed E-state index contributed by atoms with van der Waals surface area (Å²) in [6.45, 7) is 0.129. The summed E-state index contributed by atoms with van der Waals surface area (Å²) in [5.74, 6) is -1.17. The topological polar surface area (TPSA) is 107 Å². The lowest BCUT2D eigenvalue weighted by molar-refractivity contribution is -0.148. The van der Waals surface area contributed by atoms with Crippen LogP contribution in [0.1, 0.15) is 17.8 Å². The van der Waals surface area contributed by atoms with E-state index < -0.39 is 24.5 Å². The Labute approximate surface area is 154 Å². The Hall–Kier alpha value is -2.52. The number of urea groups is 1. The SMILES string of the molecule is COCCNC(=O)NC(=O)COC(=O)CCCc1nc2ccccc2s1. The number of para-hydroxylation sites is 1. The molecule has 1 aromatic heterocycles. The minimum Gasteiger partial charge on any atom is -0.456 e. The highest BCUT2D eigenvalue weighted by atomic mass is 32.1. The van der Waals surface area contributed by atoms with Crippen LogP contribution in [0.25, 0.3) is 10.2 Å². The van der Waals surface area contributed by atoms with E-state index in [4.69, 9.17) is 9.47 Å². The number of nitrogens with one attached hydrogen (secondary N) is 2. The number of esters is 1. The van der Waals surface area contributed by atoms with Gasteiger partial charge >= 0.3 is 12.0 Å². The number of amides is 3. The number of ether oxygens (including phenoxy) is 2. The molecule has 0 spiro atoms. The number of carbonyl (C=O) groups excluding carboxylic acids is 3. The van der Waals surface area contributed by atoms with Crippen LogP contribution in [0.2, 0.25) is 0 Å². The molecule has 0 saturated heterocycles. The van der Waals surface area contributed by atoms with Crippen molar-refractivity contribution in [1.82, 2.24) is 15.6 Å². The number of hydrogen-bond donors (Lipinski definition) is 2. The Morgan fingerprint density at radius 1 is 1.23 bits per heavy atom. The van der Waals surface area contributed by atoms with Gasteiger partial charge in [-0.15, -0.1) is 11.3 Å². The van der Waals surface area contributed by atoms with Gasteiger partial charge in [-0.25, -0.2) is 9.78 Å². The molecule has 0 fully saturated rings. The molecule has 0 saturated carbocycles. The number of thiazole rings is 1. The smallest absolute Gasteiger partial charge is 0.321 e. The predicted molar refractivity (Wildman–Crippen MR) is 96.9 cm³/mol. The molecule has 3 amide bonds. The van der Waals surface area contributed by atoms with Crippen LogP contribution in [-0.2, 0) is 25.5 Å². The number of aromatic nitrogens is 1. The first-order chi connectivity index (χ1) is 12.6. The Morgan fingerprint density at radius 3 is 2.81 bits per heavy atom. The number of carbonyl (C=O) groups is 3. The van der Waals surface area contributed by atoms with E-state index in [2.05, 4.69) is 15.6 Å². The highest BCUT2D eigenvalue weighted by Gasteiger charge is 2.11. The van der Waals surface area contributed by atoms with Gasteiger partial charge in [-0.05, 0) is 25.0 Å². The first-order valence-electron chi connectivity index (χ1n) is 8.15. The minimum atomic E-state index is -0.681. The van der Waals surface area contributed by atoms with Crippen LogP contribution in [0.5, 0.6) is 0 Å². The molecule has 0 aliphatic rings. The Balaban J connectivity index is 1.61. The summed E-state index contributed by atoms with van der Waals surface area (Å²) < 4.78 is 10.7. The molecule has 2 N–H and O–H groups in total. The van der Waals surface area contributed by atoms with Crippen LogP contribution in [-0.4, -0.2) is 49.8 Å². The van der Waals surface area contributed by atoms with Gasteiger partial charge in [-0.1, -0.05) is 12.1 Å². The van der Waals surface area contributed by atoms with Gasteiger partial charge < -0.3 is 14.8 Å². The second kappa shape index (κ2) is 10.5. The van der Waals surface area contributed by atoms with E-state index in [1.165, 1.54) is 7.11 Å². The zero-order valence-corrected chi connectivity index (χ0v) is 15.3. The van der Waals surface area contributed by atoms with Crippen LogP contribution in [0, 0.1) is 0 Å². The maximum absolute atomic E-state index is 11.7. The van der Waals surface area contributed by atoms with Crippen molar-refractivity contribution in [2.45, 2.75) is 19.3 Å². The van der Waals surface area contributed by atoms with Gasteiger partial charge in [0.2, 0.25) is 0 Å². The molecule has 9 heteroatoms. The number of rotatable bonds is 9. The first kappa shape index (κ1) is 19.8. The summed E-state index contributed by atoms with van der Waals surface area (Å²) in [5, 5.41) is 5.45. The fraction of sp³-hybridized carbons (Fsp3) is 0.412. The molecular weight excluding hydrogens is 358 g/mol. The Bertz CT molecular complexity index is 729.